The van der Waals surface area contributed by atoms with Gasteiger partial charge in [0.25, 0.3) is 0 Å². The maximum absolute atomic E-state index is 4.19. The van der Waals surface area contributed by atoms with Crippen LogP contribution in [0.3, 0.4) is 0 Å². The van der Waals surface area contributed by atoms with E-state index in [4.69, 9.17) is 0 Å². The van der Waals surface area contributed by atoms with Gasteiger partial charge in [0.15, 0.2) is 0 Å². The molecule has 2 aromatic heterocycles. The van der Waals surface area contributed by atoms with Gasteiger partial charge in [-0.05, 0) is 59.4 Å². The van der Waals surface area contributed by atoms with E-state index in [0.29, 0.717) is 0 Å². The van der Waals surface area contributed by atoms with Crippen LogP contribution in [0.2, 0.25) is 0 Å². The quantitative estimate of drug-likeness (QED) is 0.945. The van der Waals surface area contributed by atoms with Crippen molar-refractivity contribution in [2.45, 2.75) is 19.9 Å². The Bertz CT molecular complexity index is 524. The van der Waals surface area contributed by atoms with Gasteiger partial charge in [-0.3, -0.25) is 0 Å². The van der Waals surface area contributed by atoms with Gasteiger partial charge in [-0.25, -0.2) is 0 Å². The number of nitrogens with one attached hydrogen (secondary N) is 1. The minimum Gasteiger partial charge on any atom is -0.309 e. The maximum Gasteiger partial charge on any atom is 0.0651 e. The number of hydrogen-bond acceptors (Lipinski definition) is 4. The molecule has 17 heavy (non-hydrogen) atoms. The SMILES string of the molecule is CNC(c1cscc1Br)c1cc(C)nnc1C. The Kier molecular flexibility index (Phi) is 3.91. The summed E-state index contributed by atoms with van der Waals surface area (Å²) in [4.78, 5) is 0. The third kappa shape index (κ3) is 2.56. The predicted octanol–water partition coefficient (Wildman–Crippen LogP) is 3.23. The van der Waals surface area contributed by atoms with Crippen molar-refractivity contribution in [3.8, 4) is 0 Å². The summed E-state index contributed by atoms with van der Waals surface area (Å²) in [5.41, 5.74) is 4.33. The number of thiophene rings is 1. The first-order valence-corrected chi connectivity index (χ1v) is 7.06. The van der Waals surface area contributed by atoms with Crippen molar-refractivity contribution >= 4 is 27.3 Å². The molecule has 2 aromatic rings. The highest BCUT2D eigenvalue weighted by molar-refractivity contribution is 9.10. The van der Waals surface area contributed by atoms with Gasteiger partial charge in [0.1, 0.15) is 0 Å². The fraction of sp³-hybridized carbons (Fsp3) is 0.333. The molecule has 0 aliphatic heterocycles. The van der Waals surface area contributed by atoms with Crippen molar-refractivity contribution in [1.29, 1.82) is 0 Å². The predicted molar refractivity (Wildman–Crippen MR) is 74.4 cm³/mol. The number of nitrogens with zero attached hydrogens (tertiary/aromatic N) is 2. The van der Waals surface area contributed by atoms with Crippen LogP contribution in [0.5, 0.6) is 0 Å². The Morgan fingerprint density at radius 1 is 1.24 bits per heavy atom. The number of rotatable bonds is 3. The first-order chi connectivity index (χ1) is 8.13. The molecule has 0 amide bonds. The van der Waals surface area contributed by atoms with Crippen molar-refractivity contribution in [3.63, 3.8) is 0 Å². The lowest BCUT2D eigenvalue weighted by Gasteiger charge is -2.18. The van der Waals surface area contributed by atoms with Gasteiger partial charge in [0.2, 0.25) is 0 Å². The fourth-order valence-electron chi connectivity index (χ4n) is 1.84. The van der Waals surface area contributed by atoms with E-state index in [1.165, 1.54) is 11.1 Å². The number of aryl methyl sites for hydroxylation is 2. The monoisotopic (exact) mass is 311 g/mol. The molecular formula is C12H14BrN3S. The summed E-state index contributed by atoms with van der Waals surface area (Å²) >= 11 is 5.27. The van der Waals surface area contributed by atoms with Crippen LogP contribution >= 0.6 is 27.3 Å². The second-order valence-corrected chi connectivity index (χ2v) is 5.52. The second kappa shape index (κ2) is 5.25. The zero-order valence-electron chi connectivity index (χ0n) is 9.99. The lowest BCUT2D eigenvalue weighted by molar-refractivity contribution is 0.675. The summed E-state index contributed by atoms with van der Waals surface area (Å²) in [6.45, 7) is 3.96. The summed E-state index contributed by atoms with van der Waals surface area (Å²) in [6.07, 6.45) is 0. The smallest absolute Gasteiger partial charge is 0.0651 e. The minimum absolute atomic E-state index is 0.157. The van der Waals surface area contributed by atoms with E-state index in [0.717, 1.165) is 15.9 Å². The number of hydrogen-bond donors (Lipinski definition) is 1. The molecule has 0 radical (unpaired) electrons. The van der Waals surface area contributed by atoms with Gasteiger partial charge in [0.05, 0.1) is 17.4 Å². The van der Waals surface area contributed by atoms with E-state index >= 15 is 0 Å². The van der Waals surface area contributed by atoms with E-state index in [2.05, 4.69) is 48.3 Å². The summed E-state index contributed by atoms with van der Waals surface area (Å²) in [6, 6.07) is 2.25. The first kappa shape index (κ1) is 12.7. The van der Waals surface area contributed by atoms with Crippen LogP contribution in [0.25, 0.3) is 0 Å². The minimum atomic E-state index is 0.157. The van der Waals surface area contributed by atoms with E-state index in [1.807, 2.05) is 20.9 Å². The van der Waals surface area contributed by atoms with Gasteiger partial charge >= 0.3 is 0 Å². The highest BCUT2D eigenvalue weighted by Gasteiger charge is 2.18. The van der Waals surface area contributed by atoms with Crippen molar-refractivity contribution in [1.82, 2.24) is 15.5 Å². The molecule has 0 saturated carbocycles. The molecule has 90 valence electrons. The van der Waals surface area contributed by atoms with E-state index in [1.54, 1.807) is 11.3 Å². The molecule has 0 aliphatic rings. The van der Waals surface area contributed by atoms with Gasteiger partial charge in [-0.15, -0.1) is 0 Å². The zero-order valence-corrected chi connectivity index (χ0v) is 12.4. The highest BCUT2D eigenvalue weighted by atomic mass is 79.9. The second-order valence-electron chi connectivity index (χ2n) is 3.92. The van der Waals surface area contributed by atoms with Crippen LogP contribution in [0.1, 0.15) is 28.6 Å². The number of aromatic nitrogens is 2. The van der Waals surface area contributed by atoms with Crippen molar-refractivity contribution in [3.05, 3.63) is 43.8 Å². The topological polar surface area (TPSA) is 37.8 Å². The van der Waals surface area contributed by atoms with E-state index in [-0.39, 0.29) is 6.04 Å². The Balaban J connectivity index is 2.49. The van der Waals surface area contributed by atoms with E-state index in [9.17, 15) is 0 Å². The Morgan fingerprint density at radius 2 is 2.00 bits per heavy atom. The van der Waals surface area contributed by atoms with Crippen LogP contribution in [0.15, 0.2) is 21.3 Å². The molecule has 0 fully saturated rings. The van der Waals surface area contributed by atoms with Crippen LogP contribution in [-0.2, 0) is 0 Å². The summed E-state index contributed by atoms with van der Waals surface area (Å²) in [7, 11) is 1.96. The molecular weight excluding hydrogens is 298 g/mol. The molecule has 1 N–H and O–H groups in total. The van der Waals surface area contributed by atoms with Crippen LogP contribution in [0.4, 0.5) is 0 Å². The Hall–Kier alpha value is -0.780. The molecule has 3 nitrogen and oxygen atoms in total. The van der Waals surface area contributed by atoms with Crippen LogP contribution < -0.4 is 5.32 Å². The third-order valence-corrected chi connectivity index (χ3v) is 4.44. The van der Waals surface area contributed by atoms with Crippen molar-refractivity contribution in [2.24, 2.45) is 0 Å². The lowest BCUT2D eigenvalue weighted by atomic mass is 10.0. The standard InChI is InChI=1S/C12H14BrN3S/c1-7-4-9(8(2)16-15-7)12(14-3)10-5-17-6-11(10)13/h4-6,12,14H,1-3H3. The molecule has 0 bridgehead atoms. The number of halogens is 1. The van der Waals surface area contributed by atoms with Gasteiger partial charge in [-0.2, -0.15) is 21.5 Å². The molecule has 0 spiro atoms. The lowest BCUT2D eigenvalue weighted by Crippen LogP contribution is -2.19. The molecule has 0 aromatic carbocycles. The van der Waals surface area contributed by atoms with Crippen LogP contribution in [0, 0.1) is 13.8 Å². The molecule has 5 heteroatoms. The molecule has 0 saturated heterocycles. The van der Waals surface area contributed by atoms with E-state index < -0.39 is 0 Å². The fourth-order valence-corrected chi connectivity index (χ4v) is 3.39. The molecule has 2 rings (SSSR count). The molecule has 2 heterocycles. The Labute approximate surface area is 113 Å². The molecule has 1 unspecified atom stereocenters. The normalized spacial score (nSPS) is 12.7. The summed E-state index contributed by atoms with van der Waals surface area (Å²) in [5, 5.41) is 15.8. The average molecular weight is 312 g/mol. The maximum atomic E-state index is 4.19. The summed E-state index contributed by atoms with van der Waals surface area (Å²) < 4.78 is 1.13. The molecule has 1 atom stereocenters. The Morgan fingerprint density at radius 3 is 2.59 bits per heavy atom. The largest absolute Gasteiger partial charge is 0.309 e. The van der Waals surface area contributed by atoms with Gasteiger partial charge < -0.3 is 5.32 Å². The van der Waals surface area contributed by atoms with Crippen molar-refractivity contribution in [2.75, 3.05) is 7.05 Å². The third-order valence-electron chi connectivity index (χ3n) is 2.69. The highest BCUT2D eigenvalue weighted by Crippen LogP contribution is 2.32. The van der Waals surface area contributed by atoms with Crippen molar-refractivity contribution < 1.29 is 0 Å². The first-order valence-electron chi connectivity index (χ1n) is 5.33. The van der Waals surface area contributed by atoms with Gasteiger partial charge in [-0.1, -0.05) is 0 Å². The van der Waals surface area contributed by atoms with Crippen LogP contribution in [-0.4, -0.2) is 17.2 Å². The average Bonchev–Trinajstić information content (AvgIpc) is 2.71. The van der Waals surface area contributed by atoms with Gasteiger partial charge in [0, 0.05) is 9.85 Å². The molecule has 0 aliphatic carbocycles. The zero-order chi connectivity index (χ0) is 12.4. The summed E-state index contributed by atoms with van der Waals surface area (Å²) in [5.74, 6) is 0.